The molecule has 0 aromatic carbocycles. The quantitative estimate of drug-likeness (QED) is 0.250. The second-order valence-electron chi connectivity index (χ2n) is 9.92. The predicted octanol–water partition coefficient (Wildman–Crippen LogP) is 3.54. The van der Waals surface area contributed by atoms with Gasteiger partial charge in [-0.2, -0.15) is 4.98 Å². The maximum absolute atomic E-state index is 10.7. The van der Waals surface area contributed by atoms with Gasteiger partial charge in [0.1, 0.15) is 0 Å². The van der Waals surface area contributed by atoms with E-state index >= 15 is 0 Å². The number of allylic oxidation sites excluding steroid dienone is 3. The van der Waals surface area contributed by atoms with Crippen LogP contribution in [-0.4, -0.2) is 38.7 Å². The van der Waals surface area contributed by atoms with Crippen molar-refractivity contribution in [2.75, 3.05) is 11.4 Å². The van der Waals surface area contributed by atoms with Crippen LogP contribution < -0.4 is 20.4 Å². The SMILES string of the molecule is O=C(O)CCCCCN1C=CC=c2o/c(=C3\C=C(c4nc5c(ccc[n+]5CCCCCC(=O)O)o4)CC3)nc21. The number of carbonyl (C=O) groups is 2. The second kappa shape index (κ2) is 12.1. The number of hydrogen-bond acceptors (Lipinski definition) is 7. The summed E-state index contributed by atoms with van der Waals surface area (Å²) in [5.74, 6) is -0.132. The lowest BCUT2D eigenvalue weighted by Gasteiger charge is -2.18. The van der Waals surface area contributed by atoms with Gasteiger partial charge < -0.3 is 23.9 Å². The van der Waals surface area contributed by atoms with E-state index in [2.05, 4.69) is 15.5 Å². The summed E-state index contributed by atoms with van der Waals surface area (Å²) >= 11 is 0. The number of pyridine rings is 1. The molecule has 2 aliphatic rings. The summed E-state index contributed by atoms with van der Waals surface area (Å²) in [6, 6.07) is 3.85. The molecule has 0 spiro atoms. The molecule has 0 fully saturated rings. The van der Waals surface area contributed by atoms with E-state index < -0.39 is 11.9 Å². The number of hydrogen-bond donors (Lipinski definition) is 2. The molecule has 0 saturated heterocycles. The molecule has 1 aliphatic carbocycles. The van der Waals surface area contributed by atoms with Crippen molar-refractivity contribution in [1.82, 2.24) is 9.97 Å². The summed E-state index contributed by atoms with van der Waals surface area (Å²) in [6.45, 7) is 1.50. The molecule has 10 nitrogen and oxygen atoms in total. The summed E-state index contributed by atoms with van der Waals surface area (Å²) in [4.78, 5) is 33.1. The summed E-state index contributed by atoms with van der Waals surface area (Å²) in [5, 5.41) is 17.6. The molecule has 0 radical (unpaired) electrons. The summed E-state index contributed by atoms with van der Waals surface area (Å²) in [7, 11) is 0. The third-order valence-corrected chi connectivity index (χ3v) is 6.98. The van der Waals surface area contributed by atoms with Crippen LogP contribution in [0.25, 0.3) is 28.5 Å². The van der Waals surface area contributed by atoms with Crippen LogP contribution in [0.15, 0.2) is 45.5 Å². The number of carboxylic acid groups (broad SMARTS) is 2. The number of aromatic nitrogens is 3. The Morgan fingerprint density at radius 1 is 0.974 bits per heavy atom. The third-order valence-electron chi connectivity index (χ3n) is 6.98. The molecule has 2 N–H and O–H groups in total. The van der Waals surface area contributed by atoms with Gasteiger partial charge in [0.05, 0.1) is 12.7 Å². The van der Waals surface area contributed by atoms with Crippen molar-refractivity contribution in [2.24, 2.45) is 0 Å². The highest BCUT2D eigenvalue weighted by atomic mass is 16.4. The monoisotopic (exact) mass is 533 g/mol. The molecule has 1 aliphatic heterocycles. The Labute approximate surface area is 225 Å². The minimum Gasteiger partial charge on any atom is -0.481 e. The molecule has 39 heavy (non-hydrogen) atoms. The number of fused-ring (bicyclic) bond motifs is 2. The van der Waals surface area contributed by atoms with E-state index in [1.165, 1.54) is 0 Å². The Morgan fingerprint density at radius 2 is 1.77 bits per heavy atom. The number of anilines is 1. The van der Waals surface area contributed by atoms with Crippen molar-refractivity contribution in [1.29, 1.82) is 0 Å². The average molecular weight is 534 g/mol. The number of aliphatic carboxylic acids is 2. The first-order valence-corrected chi connectivity index (χ1v) is 13.6. The fourth-order valence-corrected chi connectivity index (χ4v) is 4.95. The Balaban J connectivity index is 1.29. The molecule has 0 bridgehead atoms. The Kier molecular flexibility index (Phi) is 8.19. The maximum Gasteiger partial charge on any atom is 0.370 e. The van der Waals surface area contributed by atoms with Gasteiger partial charge in [-0.15, -0.1) is 0 Å². The van der Waals surface area contributed by atoms with Gasteiger partial charge in [-0.05, 0) is 75.3 Å². The van der Waals surface area contributed by atoms with Crippen LogP contribution in [0.1, 0.15) is 70.1 Å². The molecular formula is C29H33N4O6+. The zero-order chi connectivity index (χ0) is 27.2. The van der Waals surface area contributed by atoms with E-state index in [4.69, 9.17) is 29.0 Å². The van der Waals surface area contributed by atoms with E-state index in [1.807, 2.05) is 36.7 Å². The molecule has 5 rings (SSSR count). The highest BCUT2D eigenvalue weighted by molar-refractivity contribution is 5.80. The van der Waals surface area contributed by atoms with Crippen LogP contribution >= 0.6 is 0 Å². The fourth-order valence-electron chi connectivity index (χ4n) is 4.95. The van der Waals surface area contributed by atoms with E-state index in [9.17, 15) is 9.59 Å². The van der Waals surface area contributed by atoms with E-state index in [0.29, 0.717) is 24.3 Å². The molecular weight excluding hydrogens is 500 g/mol. The van der Waals surface area contributed by atoms with Crippen molar-refractivity contribution in [3.8, 4) is 0 Å². The first-order chi connectivity index (χ1) is 19.0. The molecule has 4 heterocycles. The van der Waals surface area contributed by atoms with E-state index in [0.717, 1.165) is 85.2 Å². The van der Waals surface area contributed by atoms with Crippen LogP contribution in [0.2, 0.25) is 0 Å². The van der Waals surface area contributed by atoms with Gasteiger partial charge in [0.25, 0.3) is 0 Å². The highest BCUT2D eigenvalue weighted by Crippen LogP contribution is 2.32. The number of nitrogens with zero attached hydrogens (tertiary/aromatic N) is 4. The van der Waals surface area contributed by atoms with Crippen molar-refractivity contribution >= 4 is 46.2 Å². The molecule has 204 valence electrons. The number of oxazole rings is 2. The van der Waals surface area contributed by atoms with Crippen molar-refractivity contribution in [3.05, 3.63) is 53.5 Å². The minimum absolute atomic E-state index is 0.199. The Morgan fingerprint density at radius 3 is 2.56 bits per heavy atom. The number of aryl methyl sites for hydroxylation is 1. The van der Waals surface area contributed by atoms with Gasteiger partial charge in [0, 0.05) is 41.7 Å². The standard InChI is InChI=1S/C29H32N4O6/c34-24(35)11-3-1-5-15-32-17-7-9-22-26(32)30-28(38-22)20-13-14-21(19-20)29-31-27-23(39-29)10-8-18-33(27)16-6-2-4-12-25(36)37/h7-10,17-19H,1-6,11-16H2,(H-,34,35,36,37)/p+1. The lowest BCUT2D eigenvalue weighted by Crippen LogP contribution is -2.34. The largest absolute Gasteiger partial charge is 0.481 e. The summed E-state index contributed by atoms with van der Waals surface area (Å²) < 4.78 is 14.3. The smallest absolute Gasteiger partial charge is 0.370 e. The zero-order valence-electron chi connectivity index (χ0n) is 21.8. The molecule has 3 aromatic rings. The second-order valence-corrected chi connectivity index (χ2v) is 9.92. The van der Waals surface area contributed by atoms with Crippen LogP contribution in [0.5, 0.6) is 0 Å². The van der Waals surface area contributed by atoms with E-state index in [1.54, 1.807) is 0 Å². The van der Waals surface area contributed by atoms with Crippen molar-refractivity contribution in [3.63, 3.8) is 0 Å². The average Bonchev–Trinajstić information content (AvgIpc) is 3.66. The fraction of sp³-hybridized carbons (Fsp3) is 0.414. The molecule has 0 unspecified atom stereocenters. The van der Waals surface area contributed by atoms with Crippen LogP contribution in [-0.2, 0) is 16.1 Å². The topological polar surface area (TPSA) is 134 Å². The van der Waals surface area contributed by atoms with E-state index in [-0.39, 0.29) is 12.8 Å². The Hall–Kier alpha value is -4.21. The third kappa shape index (κ3) is 6.45. The highest BCUT2D eigenvalue weighted by Gasteiger charge is 2.25. The lowest BCUT2D eigenvalue weighted by atomic mass is 10.2. The normalized spacial score (nSPS) is 15.9. The predicted molar refractivity (Wildman–Crippen MR) is 144 cm³/mol. The van der Waals surface area contributed by atoms with Gasteiger partial charge >= 0.3 is 23.5 Å². The zero-order valence-corrected chi connectivity index (χ0v) is 21.8. The van der Waals surface area contributed by atoms with Gasteiger partial charge in [0.15, 0.2) is 11.2 Å². The minimum atomic E-state index is -0.756. The number of rotatable bonds is 13. The van der Waals surface area contributed by atoms with Crippen LogP contribution in [0.3, 0.4) is 0 Å². The maximum atomic E-state index is 10.7. The molecule has 3 aromatic heterocycles. The first-order valence-electron chi connectivity index (χ1n) is 13.6. The lowest BCUT2D eigenvalue weighted by molar-refractivity contribution is -0.673. The van der Waals surface area contributed by atoms with Gasteiger partial charge in [-0.1, -0.05) is 6.42 Å². The van der Waals surface area contributed by atoms with Gasteiger partial charge in [-0.3, -0.25) is 9.59 Å². The van der Waals surface area contributed by atoms with Crippen LogP contribution in [0.4, 0.5) is 5.82 Å². The van der Waals surface area contributed by atoms with Gasteiger partial charge in [-0.25, -0.2) is 4.57 Å². The number of carboxylic acids is 2. The first kappa shape index (κ1) is 26.4. The summed E-state index contributed by atoms with van der Waals surface area (Å²) in [5.41, 5.74) is 4.83. The molecule has 0 amide bonds. The molecule has 0 saturated carbocycles. The Bertz CT molecular complexity index is 1550. The van der Waals surface area contributed by atoms with Crippen molar-refractivity contribution < 1.29 is 33.2 Å². The molecule has 10 heteroatoms. The summed E-state index contributed by atoms with van der Waals surface area (Å²) in [6.07, 6.45) is 16.6. The van der Waals surface area contributed by atoms with Crippen LogP contribution in [0, 0.1) is 0 Å². The molecule has 0 atom stereocenters. The number of unbranched alkanes of at least 4 members (excludes halogenated alkanes) is 4. The van der Waals surface area contributed by atoms with Gasteiger partial charge in [0.2, 0.25) is 11.1 Å². The van der Waals surface area contributed by atoms with Crippen molar-refractivity contribution in [2.45, 2.75) is 70.8 Å².